The first-order chi connectivity index (χ1) is 24.3. The van der Waals surface area contributed by atoms with Crippen molar-refractivity contribution in [3.63, 3.8) is 0 Å². The van der Waals surface area contributed by atoms with E-state index in [-0.39, 0.29) is 0 Å². The zero-order valence-corrected chi connectivity index (χ0v) is 26.3. The molecule has 0 radical (unpaired) electrons. The van der Waals surface area contributed by atoms with Crippen molar-refractivity contribution in [2.75, 3.05) is 0 Å². The quantitative estimate of drug-likeness (QED) is 0.195. The third kappa shape index (κ3) is 4.57. The first-order valence-corrected chi connectivity index (χ1v) is 16.4. The summed E-state index contributed by atoms with van der Waals surface area (Å²) in [6.45, 7) is 0. The molecule has 0 bridgehead atoms. The van der Waals surface area contributed by atoms with Crippen LogP contribution in [0.2, 0.25) is 0 Å². The smallest absolute Gasteiger partial charge is 0.164 e. The summed E-state index contributed by atoms with van der Waals surface area (Å²) in [6.07, 6.45) is 0. The highest BCUT2D eigenvalue weighted by molar-refractivity contribution is 6.19. The van der Waals surface area contributed by atoms with Crippen LogP contribution in [0.15, 0.2) is 168 Å². The Morgan fingerprint density at radius 2 is 0.796 bits per heavy atom. The van der Waals surface area contributed by atoms with Gasteiger partial charge in [0.1, 0.15) is 11.2 Å². The predicted molar refractivity (Wildman–Crippen MR) is 201 cm³/mol. The van der Waals surface area contributed by atoms with Crippen LogP contribution in [0.25, 0.3) is 99.5 Å². The number of aromatic nitrogens is 3. The van der Waals surface area contributed by atoms with Gasteiger partial charge in [-0.1, -0.05) is 140 Å². The van der Waals surface area contributed by atoms with Gasteiger partial charge in [0.15, 0.2) is 17.5 Å². The third-order valence-corrected chi connectivity index (χ3v) is 9.49. The highest BCUT2D eigenvalue weighted by Crippen LogP contribution is 2.43. The van der Waals surface area contributed by atoms with E-state index in [0.29, 0.717) is 17.5 Å². The Balaban J connectivity index is 1.25. The average Bonchev–Trinajstić information content (AvgIpc) is 3.56. The molecule has 8 aromatic carbocycles. The molecule has 0 N–H and O–H groups in total. The number of nitrogens with zero attached hydrogens (tertiary/aromatic N) is 3. The fourth-order valence-corrected chi connectivity index (χ4v) is 7.15. The Hall–Kier alpha value is -6.65. The van der Waals surface area contributed by atoms with Gasteiger partial charge in [-0.2, -0.15) is 0 Å². The summed E-state index contributed by atoms with van der Waals surface area (Å²) in [6, 6.07) is 56.9. The molecule has 0 amide bonds. The zero-order valence-electron chi connectivity index (χ0n) is 26.3. The average molecular weight is 626 g/mol. The fraction of sp³-hybridized carbons (Fsp3) is 0. The van der Waals surface area contributed by atoms with Crippen LogP contribution in [-0.4, -0.2) is 15.0 Å². The van der Waals surface area contributed by atoms with Gasteiger partial charge in [0.05, 0.1) is 0 Å². The van der Waals surface area contributed by atoms with Gasteiger partial charge in [0, 0.05) is 27.5 Å². The number of hydrogen-bond acceptors (Lipinski definition) is 4. The van der Waals surface area contributed by atoms with Gasteiger partial charge < -0.3 is 4.42 Å². The summed E-state index contributed by atoms with van der Waals surface area (Å²) in [4.78, 5) is 15.5. The molecule has 49 heavy (non-hydrogen) atoms. The monoisotopic (exact) mass is 625 g/mol. The van der Waals surface area contributed by atoms with Crippen molar-refractivity contribution < 1.29 is 4.42 Å². The van der Waals surface area contributed by atoms with Gasteiger partial charge in [-0.25, -0.2) is 15.0 Å². The first kappa shape index (κ1) is 27.5. The standard InChI is InChI=1S/C45H27N3O/c1-3-13-31-26-33(24-22-28(31)10-1)43-46-44(34-25-23-29-11-2-4-14-32(29)27-34)48-45(47-43)38-19-9-21-40-42(38)41-37(18-8-20-39(41)49-40)36-17-7-15-30-12-5-6-16-35(30)36/h1-27H. The maximum absolute atomic E-state index is 6.54. The fourth-order valence-electron chi connectivity index (χ4n) is 7.15. The second kappa shape index (κ2) is 11.0. The summed E-state index contributed by atoms with van der Waals surface area (Å²) in [5.74, 6) is 1.85. The number of benzene rings is 8. The van der Waals surface area contributed by atoms with Crippen LogP contribution in [-0.2, 0) is 0 Å². The molecule has 228 valence electrons. The van der Waals surface area contributed by atoms with E-state index >= 15 is 0 Å². The molecule has 0 unspecified atom stereocenters. The lowest BCUT2D eigenvalue weighted by Gasteiger charge is -2.11. The lowest BCUT2D eigenvalue weighted by Crippen LogP contribution is -2.00. The lowest BCUT2D eigenvalue weighted by molar-refractivity contribution is 0.669. The molecule has 4 heteroatoms. The maximum Gasteiger partial charge on any atom is 0.164 e. The number of furan rings is 1. The van der Waals surface area contributed by atoms with Crippen molar-refractivity contribution in [3.8, 4) is 45.3 Å². The van der Waals surface area contributed by atoms with Crippen molar-refractivity contribution in [2.24, 2.45) is 0 Å². The molecule has 0 saturated carbocycles. The van der Waals surface area contributed by atoms with E-state index in [0.717, 1.165) is 60.5 Å². The first-order valence-electron chi connectivity index (χ1n) is 16.4. The lowest BCUT2D eigenvalue weighted by atomic mass is 9.93. The van der Waals surface area contributed by atoms with Crippen molar-refractivity contribution in [1.82, 2.24) is 15.0 Å². The van der Waals surface area contributed by atoms with E-state index in [1.807, 2.05) is 18.2 Å². The summed E-state index contributed by atoms with van der Waals surface area (Å²) in [5, 5.41) is 9.04. The molecule has 0 aliphatic heterocycles. The molecule has 0 spiro atoms. The Labute approximate surface area is 282 Å². The highest BCUT2D eigenvalue weighted by atomic mass is 16.3. The van der Waals surface area contributed by atoms with Gasteiger partial charge in [-0.15, -0.1) is 0 Å². The minimum atomic E-state index is 0.599. The minimum absolute atomic E-state index is 0.599. The van der Waals surface area contributed by atoms with Crippen LogP contribution >= 0.6 is 0 Å². The zero-order chi connectivity index (χ0) is 32.3. The Morgan fingerprint density at radius 1 is 0.327 bits per heavy atom. The molecular weight excluding hydrogens is 599 g/mol. The van der Waals surface area contributed by atoms with Gasteiger partial charge in [-0.3, -0.25) is 0 Å². The van der Waals surface area contributed by atoms with Crippen LogP contribution in [0, 0.1) is 0 Å². The van der Waals surface area contributed by atoms with Gasteiger partial charge in [0.25, 0.3) is 0 Å². The van der Waals surface area contributed by atoms with Gasteiger partial charge >= 0.3 is 0 Å². The molecule has 10 rings (SSSR count). The minimum Gasteiger partial charge on any atom is -0.456 e. The summed E-state index contributed by atoms with van der Waals surface area (Å²) in [5.41, 5.74) is 6.65. The van der Waals surface area contributed by atoms with Crippen LogP contribution in [0.5, 0.6) is 0 Å². The van der Waals surface area contributed by atoms with Crippen LogP contribution in [0.1, 0.15) is 0 Å². The van der Waals surface area contributed by atoms with Crippen molar-refractivity contribution >= 4 is 54.3 Å². The SMILES string of the molecule is c1ccc2cc(-c3nc(-c4ccc5ccccc5c4)nc(-c4cccc5oc6cccc(-c7cccc8ccccc78)c6c45)n3)ccc2c1. The summed E-state index contributed by atoms with van der Waals surface area (Å²) < 4.78 is 6.54. The summed E-state index contributed by atoms with van der Waals surface area (Å²) >= 11 is 0. The van der Waals surface area contributed by atoms with E-state index in [2.05, 4.69) is 146 Å². The van der Waals surface area contributed by atoms with Crippen LogP contribution in [0.3, 0.4) is 0 Å². The Morgan fingerprint density at radius 3 is 1.45 bits per heavy atom. The Kier molecular flexibility index (Phi) is 6.15. The largest absolute Gasteiger partial charge is 0.456 e. The second-order valence-electron chi connectivity index (χ2n) is 12.4. The molecule has 0 saturated heterocycles. The molecule has 4 nitrogen and oxygen atoms in total. The van der Waals surface area contributed by atoms with E-state index in [9.17, 15) is 0 Å². The predicted octanol–water partition coefficient (Wildman–Crippen LogP) is 11.9. The van der Waals surface area contributed by atoms with E-state index in [1.54, 1.807) is 0 Å². The molecular formula is C45H27N3O. The molecule has 2 aromatic heterocycles. The normalized spacial score (nSPS) is 11.7. The molecule has 0 atom stereocenters. The van der Waals surface area contributed by atoms with Crippen LogP contribution < -0.4 is 0 Å². The topological polar surface area (TPSA) is 51.8 Å². The maximum atomic E-state index is 6.54. The molecule has 2 heterocycles. The van der Waals surface area contributed by atoms with Crippen LogP contribution in [0.4, 0.5) is 0 Å². The highest BCUT2D eigenvalue weighted by Gasteiger charge is 2.21. The number of rotatable bonds is 4. The summed E-state index contributed by atoms with van der Waals surface area (Å²) in [7, 11) is 0. The van der Waals surface area contributed by atoms with Crippen molar-refractivity contribution in [1.29, 1.82) is 0 Å². The van der Waals surface area contributed by atoms with E-state index in [1.165, 1.54) is 21.5 Å². The van der Waals surface area contributed by atoms with Crippen molar-refractivity contribution in [3.05, 3.63) is 164 Å². The van der Waals surface area contributed by atoms with Gasteiger partial charge in [0.2, 0.25) is 0 Å². The number of fused-ring (bicyclic) bond motifs is 6. The second-order valence-corrected chi connectivity index (χ2v) is 12.4. The Bertz CT molecular complexity index is 2800. The molecule has 0 fully saturated rings. The van der Waals surface area contributed by atoms with Crippen molar-refractivity contribution in [2.45, 2.75) is 0 Å². The van der Waals surface area contributed by atoms with E-state index in [4.69, 9.17) is 19.4 Å². The van der Waals surface area contributed by atoms with Gasteiger partial charge in [-0.05, 0) is 67.7 Å². The number of hydrogen-bond donors (Lipinski definition) is 0. The molecule has 10 aromatic rings. The van der Waals surface area contributed by atoms with E-state index < -0.39 is 0 Å². The third-order valence-electron chi connectivity index (χ3n) is 9.49. The molecule has 0 aliphatic carbocycles. The molecule has 0 aliphatic rings.